The van der Waals surface area contributed by atoms with Crippen LogP contribution < -0.4 is 30.8 Å². The van der Waals surface area contributed by atoms with Crippen LogP contribution in [0.1, 0.15) is 0 Å². The number of fused-ring (bicyclic) bond motifs is 9. The third-order valence-electron chi connectivity index (χ3n) is 9.16. The van der Waals surface area contributed by atoms with Gasteiger partial charge in [0.1, 0.15) is 23.0 Å². The van der Waals surface area contributed by atoms with Crippen LogP contribution in [0.2, 0.25) is 0 Å². The van der Waals surface area contributed by atoms with Crippen LogP contribution in [-0.4, -0.2) is 6.71 Å². The summed E-state index contributed by atoms with van der Waals surface area (Å²) in [5.74, 6) is 3.57. The van der Waals surface area contributed by atoms with Crippen molar-refractivity contribution in [1.82, 2.24) is 0 Å². The molecule has 0 amide bonds. The molecule has 0 spiro atoms. The van der Waals surface area contributed by atoms with E-state index in [0.717, 1.165) is 45.5 Å². The number of hydrogen-bond donors (Lipinski definition) is 0. The summed E-state index contributed by atoms with van der Waals surface area (Å²) in [6.45, 7) is 0.0200. The lowest BCUT2D eigenvalue weighted by molar-refractivity contribution is 0.465. The highest BCUT2D eigenvalue weighted by Crippen LogP contribution is 2.43. The zero-order valence-electron chi connectivity index (χ0n) is 24.1. The molecule has 210 valence electrons. The SMILES string of the molecule is c1ccc(N(c2ccccc2)c2ccc3c(c2)sc2cc4c(cc23)Oc2cccc3c2B4c2c(ccc4ccccc24)O3)cc1. The molecule has 2 aliphatic heterocycles. The molecule has 0 radical (unpaired) electrons. The van der Waals surface area contributed by atoms with Crippen LogP contribution in [0.25, 0.3) is 30.9 Å². The summed E-state index contributed by atoms with van der Waals surface area (Å²) < 4.78 is 15.7. The molecule has 0 aliphatic carbocycles. The van der Waals surface area contributed by atoms with Crippen molar-refractivity contribution in [2.24, 2.45) is 0 Å². The van der Waals surface area contributed by atoms with E-state index in [1.807, 2.05) is 17.4 Å². The summed E-state index contributed by atoms with van der Waals surface area (Å²) in [6.07, 6.45) is 0. The van der Waals surface area contributed by atoms with Crippen LogP contribution in [0.4, 0.5) is 17.1 Å². The highest BCUT2D eigenvalue weighted by molar-refractivity contribution is 7.26. The summed E-state index contributed by atoms with van der Waals surface area (Å²) in [5, 5.41) is 4.89. The number of rotatable bonds is 3. The van der Waals surface area contributed by atoms with E-state index in [-0.39, 0.29) is 6.71 Å². The quantitative estimate of drug-likeness (QED) is 0.191. The summed E-state index contributed by atoms with van der Waals surface area (Å²) in [6, 6.07) is 51.6. The van der Waals surface area contributed by atoms with Crippen LogP contribution in [0.5, 0.6) is 23.0 Å². The number of hydrogen-bond acceptors (Lipinski definition) is 4. The Morgan fingerprint density at radius 1 is 0.444 bits per heavy atom. The molecule has 0 bridgehead atoms. The zero-order chi connectivity index (χ0) is 29.5. The minimum Gasteiger partial charge on any atom is -0.458 e. The number of thiophene rings is 1. The fourth-order valence-electron chi connectivity index (χ4n) is 7.20. The number of ether oxygens (including phenoxy) is 2. The highest BCUT2D eigenvalue weighted by atomic mass is 32.1. The maximum Gasteiger partial charge on any atom is 0.261 e. The zero-order valence-corrected chi connectivity index (χ0v) is 24.9. The molecule has 1 aromatic heterocycles. The molecule has 2 aliphatic rings. The predicted molar refractivity (Wildman–Crippen MR) is 189 cm³/mol. The van der Waals surface area contributed by atoms with E-state index in [4.69, 9.17) is 9.47 Å². The van der Waals surface area contributed by atoms with Gasteiger partial charge in [0.2, 0.25) is 0 Å². The molecule has 3 nitrogen and oxygen atoms in total. The fourth-order valence-corrected chi connectivity index (χ4v) is 8.37. The minimum atomic E-state index is 0.0200. The number of anilines is 3. The van der Waals surface area contributed by atoms with E-state index < -0.39 is 0 Å². The first-order valence-corrected chi connectivity index (χ1v) is 16.0. The number of nitrogens with zero attached hydrogens (tertiary/aromatic N) is 1. The Bertz CT molecular complexity index is 2420. The van der Waals surface area contributed by atoms with Crippen molar-refractivity contribution in [3.63, 3.8) is 0 Å². The molecule has 0 saturated carbocycles. The topological polar surface area (TPSA) is 21.7 Å². The van der Waals surface area contributed by atoms with Crippen molar-refractivity contribution < 1.29 is 9.47 Å². The van der Waals surface area contributed by atoms with Crippen LogP contribution in [0.15, 0.2) is 146 Å². The molecule has 45 heavy (non-hydrogen) atoms. The Morgan fingerprint density at radius 2 is 1.11 bits per heavy atom. The fraction of sp³-hybridized carbons (Fsp3) is 0. The smallest absolute Gasteiger partial charge is 0.261 e. The lowest BCUT2D eigenvalue weighted by atomic mass is 9.34. The third kappa shape index (κ3) is 3.71. The highest BCUT2D eigenvalue weighted by Gasteiger charge is 2.41. The van der Waals surface area contributed by atoms with Crippen LogP contribution in [0.3, 0.4) is 0 Å². The Labute approximate surface area is 264 Å². The first-order chi connectivity index (χ1) is 22.3. The van der Waals surface area contributed by atoms with Crippen molar-refractivity contribution in [2.75, 3.05) is 4.90 Å². The van der Waals surface area contributed by atoms with Crippen LogP contribution in [0, 0.1) is 0 Å². The molecule has 10 rings (SSSR count). The molecular formula is C40H24BNO2S. The van der Waals surface area contributed by atoms with E-state index in [1.165, 1.54) is 41.9 Å². The van der Waals surface area contributed by atoms with Crippen molar-refractivity contribution in [3.8, 4) is 23.0 Å². The van der Waals surface area contributed by atoms with Gasteiger partial charge in [-0.1, -0.05) is 78.9 Å². The first-order valence-electron chi connectivity index (χ1n) is 15.2. The van der Waals surface area contributed by atoms with Gasteiger partial charge in [-0.3, -0.25) is 0 Å². The summed E-state index contributed by atoms with van der Waals surface area (Å²) in [7, 11) is 0. The van der Waals surface area contributed by atoms with Crippen molar-refractivity contribution in [3.05, 3.63) is 146 Å². The molecule has 7 aromatic carbocycles. The second kappa shape index (κ2) is 9.49. The normalized spacial score (nSPS) is 12.8. The minimum absolute atomic E-state index is 0.0200. The molecule has 0 fully saturated rings. The van der Waals surface area contributed by atoms with E-state index in [2.05, 4.69) is 144 Å². The lowest BCUT2D eigenvalue weighted by Gasteiger charge is -2.33. The van der Waals surface area contributed by atoms with Gasteiger partial charge in [0.25, 0.3) is 6.71 Å². The summed E-state index contributed by atoms with van der Waals surface area (Å²) in [5.41, 5.74) is 6.90. The Hall–Kier alpha value is -5.52. The Kier molecular flexibility index (Phi) is 5.25. The van der Waals surface area contributed by atoms with Crippen molar-refractivity contribution in [1.29, 1.82) is 0 Å². The average molecular weight is 594 g/mol. The standard InChI is InChI=1S/C40H24BNO2S/c1-3-11-26(12-4-1)42(27-13-5-2-6-14-27)28-19-20-30-31-23-36-32(24-38(31)45-37(30)22-28)41-39-29-15-8-7-10-25(29)18-21-35(39)43-33-16-9-17-34(44-36)40(33)41/h1-24H. The maximum absolute atomic E-state index is 6.67. The second-order valence-electron chi connectivity index (χ2n) is 11.7. The van der Waals surface area contributed by atoms with Gasteiger partial charge in [-0.25, -0.2) is 0 Å². The van der Waals surface area contributed by atoms with E-state index in [1.54, 1.807) is 0 Å². The van der Waals surface area contributed by atoms with Gasteiger partial charge in [-0.15, -0.1) is 11.3 Å². The van der Waals surface area contributed by atoms with Crippen LogP contribution >= 0.6 is 11.3 Å². The lowest BCUT2D eigenvalue weighted by Crippen LogP contribution is -2.57. The second-order valence-corrected chi connectivity index (χ2v) is 12.8. The van der Waals surface area contributed by atoms with Crippen molar-refractivity contribution in [2.45, 2.75) is 0 Å². The molecule has 5 heteroatoms. The van der Waals surface area contributed by atoms with Crippen molar-refractivity contribution >= 4 is 82.4 Å². The molecule has 3 heterocycles. The van der Waals surface area contributed by atoms with Gasteiger partial charge in [0.15, 0.2) is 0 Å². The van der Waals surface area contributed by atoms with Gasteiger partial charge < -0.3 is 14.4 Å². The largest absolute Gasteiger partial charge is 0.458 e. The van der Waals surface area contributed by atoms with Crippen LogP contribution in [-0.2, 0) is 0 Å². The molecule has 0 atom stereocenters. The number of para-hydroxylation sites is 2. The van der Waals surface area contributed by atoms with Gasteiger partial charge >= 0.3 is 0 Å². The average Bonchev–Trinajstić information content (AvgIpc) is 3.45. The van der Waals surface area contributed by atoms with Gasteiger partial charge in [0.05, 0.1) is 0 Å². The predicted octanol–water partition coefficient (Wildman–Crippen LogP) is 9.41. The maximum atomic E-state index is 6.67. The van der Waals surface area contributed by atoms with E-state index in [9.17, 15) is 0 Å². The Balaban J connectivity index is 1.18. The molecule has 0 N–H and O–H groups in total. The van der Waals surface area contributed by atoms with Gasteiger partial charge in [-0.2, -0.15) is 0 Å². The molecule has 0 saturated heterocycles. The number of benzene rings is 7. The summed E-state index contributed by atoms with van der Waals surface area (Å²) in [4.78, 5) is 2.32. The molecule has 8 aromatic rings. The van der Waals surface area contributed by atoms with Gasteiger partial charge in [0, 0.05) is 42.7 Å². The first kappa shape index (κ1) is 24.9. The molecular weight excluding hydrogens is 569 g/mol. The molecule has 0 unspecified atom stereocenters. The third-order valence-corrected chi connectivity index (χ3v) is 10.3. The Morgan fingerprint density at radius 3 is 1.89 bits per heavy atom. The summed E-state index contributed by atoms with van der Waals surface area (Å²) >= 11 is 1.84. The van der Waals surface area contributed by atoms with E-state index >= 15 is 0 Å². The van der Waals surface area contributed by atoms with E-state index in [0.29, 0.717) is 0 Å². The monoisotopic (exact) mass is 593 g/mol. The van der Waals surface area contributed by atoms with Gasteiger partial charge in [-0.05, 0) is 88.4 Å².